The molecule has 16 heteroatoms. The van der Waals surface area contributed by atoms with Gasteiger partial charge in [0.25, 0.3) is 0 Å². The van der Waals surface area contributed by atoms with Crippen LogP contribution >= 0.6 is 11.8 Å². The summed E-state index contributed by atoms with van der Waals surface area (Å²) in [6, 6.07) is 17.7. The summed E-state index contributed by atoms with van der Waals surface area (Å²) in [4.78, 5) is 22.2. The molecule has 0 amide bonds. The first-order valence-electron chi connectivity index (χ1n) is 13.4. The van der Waals surface area contributed by atoms with Gasteiger partial charge in [-0.15, -0.1) is 11.8 Å². The van der Waals surface area contributed by atoms with Crippen molar-refractivity contribution >= 4 is 33.5 Å². The van der Waals surface area contributed by atoms with Crippen molar-refractivity contribution in [1.82, 2.24) is 0 Å². The van der Waals surface area contributed by atoms with Crippen molar-refractivity contribution in [3.05, 3.63) is 96.1 Å². The Balaban J connectivity index is 0.000000261. The first kappa shape index (κ1) is 37.8. The number of carbonyl (C=O) groups is 2. The molecule has 0 unspecified atom stereocenters. The molecule has 0 saturated carbocycles. The Labute approximate surface area is 274 Å². The molecule has 0 spiro atoms. The van der Waals surface area contributed by atoms with Crippen LogP contribution in [-0.2, 0) is 31.8 Å². The van der Waals surface area contributed by atoms with E-state index < -0.39 is 58.5 Å². The predicted octanol–water partition coefficient (Wildman–Crippen LogP) is 7.80. The number of hydrogen-bond acceptors (Lipinski definition) is 7. The number of thioether (sulfide) groups is 1. The summed E-state index contributed by atoms with van der Waals surface area (Å²) >= 11 is 1.51. The Bertz CT molecular complexity index is 1860. The predicted molar refractivity (Wildman–Crippen MR) is 165 cm³/mol. The minimum atomic E-state index is -4.59. The molecule has 0 aliphatic heterocycles. The van der Waals surface area contributed by atoms with Crippen molar-refractivity contribution in [2.75, 3.05) is 25.7 Å². The molecule has 256 valence electrons. The van der Waals surface area contributed by atoms with Gasteiger partial charge >= 0.3 is 24.3 Å². The van der Waals surface area contributed by atoms with E-state index in [0.717, 1.165) is 47.5 Å². The number of carboxylic acids is 2. The molecular formula is C32H26F6O8S2. The van der Waals surface area contributed by atoms with E-state index in [9.17, 15) is 44.3 Å². The van der Waals surface area contributed by atoms with Crippen LogP contribution in [0.4, 0.5) is 26.3 Å². The molecule has 4 aromatic rings. The molecule has 0 aliphatic rings. The first-order valence-corrected chi connectivity index (χ1v) is 16.5. The van der Waals surface area contributed by atoms with Crippen molar-refractivity contribution in [3.63, 3.8) is 0 Å². The van der Waals surface area contributed by atoms with Crippen LogP contribution in [0.15, 0.2) is 94.7 Å². The van der Waals surface area contributed by atoms with Crippen LogP contribution in [0.1, 0.15) is 11.1 Å². The topological polar surface area (TPSA) is 127 Å². The maximum atomic E-state index is 12.9. The van der Waals surface area contributed by atoms with Crippen LogP contribution in [0, 0.1) is 0 Å². The Hall–Kier alpha value is -4.70. The number of alkyl halides is 6. The van der Waals surface area contributed by atoms with Gasteiger partial charge in [0.15, 0.2) is 23.1 Å². The zero-order valence-corrected chi connectivity index (χ0v) is 26.6. The Morgan fingerprint density at radius 2 is 1.04 bits per heavy atom. The number of benzene rings is 4. The summed E-state index contributed by atoms with van der Waals surface area (Å²) in [6.07, 6.45) is -6.18. The minimum Gasteiger partial charge on any atom is -0.481 e. The second-order valence-electron chi connectivity index (χ2n) is 9.81. The zero-order valence-electron chi connectivity index (χ0n) is 24.9. The summed E-state index contributed by atoms with van der Waals surface area (Å²) in [6.45, 7) is -1.35. The molecule has 0 atom stereocenters. The number of ether oxygens (including phenoxy) is 2. The van der Waals surface area contributed by atoms with Gasteiger partial charge < -0.3 is 19.7 Å². The molecule has 0 heterocycles. The molecule has 8 nitrogen and oxygen atoms in total. The van der Waals surface area contributed by atoms with Crippen molar-refractivity contribution in [3.8, 4) is 33.8 Å². The highest BCUT2D eigenvalue weighted by Gasteiger charge is 2.32. The maximum Gasteiger partial charge on any atom is 0.416 e. The number of halogens is 6. The average Bonchev–Trinajstić information content (AvgIpc) is 3.01. The normalized spacial score (nSPS) is 11.7. The zero-order chi connectivity index (χ0) is 35.9. The van der Waals surface area contributed by atoms with Crippen molar-refractivity contribution < 1.29 is 64.0 Å². The highest BCUT2D eigenvalue weighted by atomic mass is 32.2. The van der Waals surface area contributed by atoms with E-state index in [1.165, 1.54) is 36.0 Å². The number of sulfone groups is 1. The highest BCUT2D eigenvalue weighted by Crippen LogP contribution is 2.39. The van der Waals surface area contributed by atoms with Gasteiger partial charge in [0, 0.05) is 22.3 Å². The van der Waals surface area contributed by atoms with E-state index in [-0.39, 0.29) is 33.1 Å². The summed E-state index contributed by atoms with van der Waals surface area (Å²) in [5, 5.41) is 17.4. The van der Waals surface area contributed by atoms with Crippen LogP contribution in [0.2, 0.25) is 0 Å². The van der Waals surface area contributed by atoms with E-state index in [1.807, 2.05) is 6.26 Å². The first-order chi connectivity index (χ1) is 22.3. The summed E-state index contributed by atoms with van der Waals surface area (Å²) in [5.74, 6) is -2.44. The molecule has 2 N–H and O–H groups in total. The van der Waals surface area contributed by atoms with Crippen LogP contribution in [-0.4, -0.2) is 56.3 Å². The fraction of sp³-hybridized carbons (Fsp3) is 0.188. The van der Waals surface area contributed by atoms with Crippen molar-refractivity contribution in [1.29, 1.82) is 0 Å². The minimum absolute atomic E-state index is 0.0103. The summed E-state index contributed by atoms with van der Waals surface area (Å²) in [7, 11) is -3.45. The molecule has 0 aromatic heterocycles. The third kappa shape index (κ3) is 10.7. The van der Waals surface area contributed by atoms with Gasteiger partial charge in [-0.25, -0.2) is 18.0 Å². The monoisotopic (exact) mass is 716 g/mol. The highest BCUT2D eigenvalue weighted by molar-refractivity contribution is 7.98. The standard InChI is InChI=1S/C16H13F3O5S.C16H13F3O3S/c1-25(22,23)12-5-2-10(3-6-12)13-8-11(16(17,18)19)4-7-14(13)24-9-15(20)21;1-23-12-5-2-10(3-6-12)13-8-11(16(17,18)19)4-7-14(13)22-9-15(20)21/h2-8H,9H2,1H3,(H,20,21);2-8H,9H2,1H3,(H,20,21). The van der Waals surface area contributed by atoms with Gasteiger partial charge in [-0.1, -0.05) is 24.3 Å². The second-order valence-corrected chi connectivity index (χ2v) is 12.7. The van der Waals surface area contributed by atoms with E-state index in [2.05, 4.69) is 0 Å². The lowest BCUT2D eigenvalue weighted by atomic mass is 10.0. The quantitative estimate of drug-likeness (QED) is 0.125. The second kappa shape index (κ2) is 15.5. The molecule has 4 aromatic carbocycles. The van der Waals surface area contributed by atoms with E-state index in [4.69, 9.17) is 19.7 Å². The molecule has 4 rings (SSSR count). The van der Waals surface area contributed by atoms with Crippen LogP contribution in [0.25, 0.3) is 22.3 Å². The Kier molecular flexibility index (Phi) is 12.2. The van der Waals surface area contributed by atoms with Crippen LogP contribution < -0.4 is 9.47 Å². The molecule has 0 radical (unpaired) electrons. The van der Waals surface area contributed by atoms with Crippen molar-refractivity contribution in [2.45, 2.75) is 22.1 Å². The van der Waals surface area contributed by atoms with Gasteiger partial charge in [0.2, 0.25) is 0 Å². The summed E-state index contributed by atoms with van der Waals surface area (Å²) in [5.41, 5.74) is -0.750. The van der Waals surface area contributed by atoms with Gasteiger partial charge in [0.1, 0.15) is 11.5 Å². The molecule has 48 heavy (non-hydrogen) atoms. The average molecular weight is 717 g/mol. The lowest BCUT2D eigenvalue weighted by Crippen LogP contribution is -2.11. The largest absolute Gasteiger partial charge is 0.481 e. The number of rotatable bonds is 10. The van der Waals surface area contributed by atoms with Gasteiger partial charge in [-0.2, -0.15) is 26.3 Å². The lowest BCUT2D eigenvalue weighted by molar-refractivity contribution is -0.140. The SMILES string of the molecule is CS(=O)(=O)c1ccc(-c2cc(C(F)(F)F)ccc2OCC(=O)O)cc1.CSc1ccc(-c2cc(C(F)(F)F)ccc2OCC(=O)O)cc1. The molecule has 0 fully saturated rings. The molecular weight excluding hydrogens is 690 g/mol. The van der Waals surface area contributed by atoms with Crippen molar-refractivity contribution in [2.24, 2.45) is 0 Å². The smallest absolute Gasteiger partial charge is 0.416 e. The van der Waals surface area contributed by atoms with E-state index >= 15 is 0 Å². The number of aliphatic carboxylic acids is 2. The fourth-order valence-corrected chi connectivity index (χ4v) is 5.09. The molecule has 0 aliphatic carbocycles. The Morgan fingerprint density at radius 1 is 0.667 bits per heavy atom. The van der Waals surface area contributed by atoms with E-state index in [1.54, 1.807) is 24.3 Å². The van der Waals surface area contributed by atoms with Gasteiger partial charge in [-0.3, -0.25) is 0 Å². The number of carboxylic acid groups (broad SMARTS) is 2. The fourth-order valence-electron chi connectivity index (χ4n) is 4.05. The summed E-state index contributed by atoms with van der Waals surface area (Å²) < 4.78 is 111. The van der Waals surface area contributed by atoms with Gasteiger partial charge in [-0.05, 0) is 78.0 Å². The van der Waals surface area contributed by atoms with Crippen LogP contribution in [0.3, 0.4) is 0 Å². The van der Waals surface area contributed by atoms with E-state index in [0.29, 0.717) is 5.56 Å². The third-order valence-electron chi connectivity index (χ3n) is 6.31. The molecule has 0 saturated heterocycles. The van der Waals surface area contributed by atoms with Crippen LogP contribution in [0.5, 0.6) is 11.5 Å². The Morgan fingerprint density at radius 3 is 1.35 bits per heavy atom. The number of hydrogen-bond donors (Lipinski definition) is 2. The van der Waals surface area contributed by atoms with Gasteiger partial charge in [0.05, 0.1) is 16.0 Å². The maximum absolute atomic E-state index is 12.9. The molecule has 0 bridgehead atoms. The lowest BCUT2D eigenvalue weighted by Gasteiger charge is -2.14. The third-order valence-corrected chi connectivity index (χ3v) is 8.18.